The predicted octanol–water partition coefficient (Wildman–Crippen LogP) is 0.906. The number of ether oxygens (including phenoxy) is 1. The van der Waals surface area contributed by atoms with E-state index >= 15 is 0 Å². The van der Waals surface area contributed by atoms with Crippen LogP contribution in [-0.2, 0) is 9.53 Å². The van der Waals surface area contributed by atoms with Crippen molar-refractivity contribution in [2.24, 2.45) is 17.8 Å². The number of hydrogen-bond donors (Lipinski definition) is 0. The normalized spacial score (nSPS) is 58.6. The predicted molar refractivity (Wildman–Crippen MR) is 34.5 cm³/mol. The molecule has 0 spiro atoms. The first-order chi connectivity index (χ1) is 5.27. The molecule has 5 unspecified atom stereocenters. The first-order valence-corrected chi connectivity index (χ1v) is 4.12. The van der Waals surface area contributed by atoms with Gasteiger partial charge < -0.3 is 4.74 Å². The number of hydrogen-bond acceptors (Lipinski definition) is 2. The lowest BCUT2D eigenvalue weighted by molar-refractivity contribution is -0.143. The number of esters is 1. The van der Waals surface area contributed by atoms with Crippen molar-refractivity contribution in [2.75, 3.05) is 0 Å². The highest BCUT2D eigenvalue weighted by molar-refractivity contribution is 5.76. The van der Waals surface area contributed by atoms with Crippen LogP contribution in [0.2, 0.25) is 0 Å². The molecule has 2 bridgehead atoms. The van der Waals surface area contributed by atoms with Gasteiger partial charge in [0.1, 0.15) is 12.3 Å². The maximum atomic E-state index is 13.3. The maximum Gasteiger partial charge on any atom is 0.309 e. The van der Waals surface area contributed by atoms with Crippen molar-refractivity contribution in [1.82, 2.24) is 0 Å². The molecule has 3 rings (SSSR count). The molecule has 2 nitrogen and oxygen atoms in total. The van der Waals surface area contributed by atoms with Crippen LogP contribution in [0.25, 0.3) is 0 Å². The fourth-order valence-electron chi connectivity index (χ4n) is 2.91. The molecule has 1 heterocycles. The summed E-state index contributed by atoms with van der Waals surface area (Å²) in [5.74, 6) is -0.189. The molecular formula is C8H9FO2. The molecule has 60 valence electrons. The summed E-state index contributed by atoms with van der Waals surface area (Å²) in [4.78, 5) is 11.0. The Labute approximate surface area is 63.7 Å². The van der Waals surface area contributed by atoms with E-state index in [0.717, 1.165) is 12.8 Å². The average molecular weight is 156 g/mol. The van der Waals surface area contributed by atoms with E-state index in [4.69, 9.17) is 4.74 Å². The molecule has 0 N–H and O–H groups in total. The number of carbonyl (C=O) groups excluding carboxylic acids is 1. The van der Waals surface area contributed by atoms with Gasteiger partial charge in [0.15, 0.2) is 0 Å². The Morgan fingerprint density at radius 2 is 2.27 bits per heavy atom. The molecule has 11 heavy (non-hydrogen) atoms. The Morgan fingerprint density at radius 3 is 2.82 bits per heavy atom. The first kappa shape index (κ1) is 5.98. The first-order valence-electron chi connectivity index (χ1n) is 4.12. The van der Waals surface area contributed by atoms with Gasteiger partial charge in [0.2, 0.25) is 0 Å². The smallest absolute Gasteiger partial charge is 0.309 e. The SMILES string of the molecule is O=C1OC2CC3CC1C2C3F. The van der Waals surface area contributed by atoms with Crippen molar-refractivity contribution in [3.05, 3.63) is 0 Å². The van der Waals surface area contributed by atoms with Gasteiger partial charge in [-0.2, -0.15) is 0 Å². The molecule has 3 aliphatic rings. The standard InChI is InChI=1S/C8H9FO2/c9-7-3-1-4-6(7)5(2-3)11-8(4)10/h3-7H,1-2H2. The van der Waals surface area contributed by atoms with Gasteiger partial charge in [-0.1, -0.05) is 0 Å². The zero-order chi connectivity index (χ0) is 7.59. The summed E-state index contributed by atoms with van der Waals surface area (Å²) in [6, 6.07) is 0. The molecule has 0 aromatic carbocycles. The molecule has 5 atom stereocenters. The van der Waals surface area contributed by atoms with Crippen LogP contribution in [0.1, 0.15) is 12.8 Å². The summed E-state index contributed by atoms with van der Waals surface area (Å²) in [5, 5.41) is 0. The molecule has 0 amide bonds. The molecular weight excluding hydrogens is 147 g/mol. The van der Waals surface area contributed by atoms with E-state index in [1.165, 1.54) is 0 Å². The number of carbonyl (C=O) groups is 1. The van der Waals surface area contributed by atoms with E-state index in [1.54, 1.807) is 0 Å². The second-order valence-electron chi connectivity index (χ2n) is 3.84. The Morgan fingerprint density at radius 1 is 1.45 bits per heavy atom. The molecule has 1 aliphatic heterocycles. The number of rotatable bonds is 0. The lowest BCUT2D eigenvalue weighted by atomic mass is 9.90. The van der Waals surface area contributed by atoms with Gasteiger partial charge >= 0.3 is 5.97 Å². The maximum absolute atomic E-state index is 13.3. The summed E-state index contributed by atoms with van der Waals surface area (Å²) in [6.07, 6.45) is 0.688. The van der Waals surface area contributed by atoms with Crippen molar-refractivity contribution in [1.29, 1.82) is 0 Å². The monoisotopic (exact) mass is 156 g/mol. The fourth-order valence-corrected chi connectivity index (χ4v) is 2.91. The minimum absolute atomic E-state index is 0.0683. The molecule has 0 aromatic rings. The largest absolute Gasteiger partial charge is 0.462 e. The fraction of sp³-hybridized carbons (Fsp3) is 0.875. The molecule has 3 heteroatoms. The molecule has 2 saturated carbocycles. The molecule has 0 aromatic heterocycles. The Hall–Kier alpha value is -0.600. The topological polar surface area (TPSA) is 26.3 Å². The third-order valence-electron chi connectivity index (χ3n) is 3.37. The van der Waals surface area contributed by atoms with Gasteiger partial charge in [0.05, 0.1) is 5.92 Å². The molecule has 0 radical (unpaired) electrons. The third kappa shape index (κ3) is 0.522. The van der Waals surface area contributed by atoms with Gasteiger partial charge in [-0.3, -0.25) is 4.79 Å². The van der Waals surface area contributed by atoms with Crippen LogP contribution in [0.4, 0.5) is 4.39 Å². The molecule has 3 fully saturated rings. The van der Waals surface area contributed by atoms with Gasteiger partial charge in [0, 0.05) is 5.92 Å². The van der Waals surface area contributed by atoms with Crippen molar-refractivity contribution in [3.8, 4) is 0 Å². The van der Waals surface area contributed by atoms with Gasteiger partial charge in [-0.25, -0.2) is 4.39 Å². The lowest BCUT2D eigenvalue weighted by Crippen LogP contribution is -2.18. The van der Waals surface area contributed by atoms with Gasteiger partial charge in [0.25, 0.3) is 0 Å². The Balaban J connectivity index is 2.05. The Kier molecular flexibility index (Phi) is 0.866. The van der Waals surface area contributed by atoms with Crippen molar-refractivity contribution in [3.63, 3.8) is 0 Å². The molecule has 1 saturated heterocycles. The summed E-state index contributed by atoms with van der Waals surface area (Å²) >= 11 is 0. The van der Waals surface area contributed by atoms with E-state index in [0.29, 0.717) is 0 Å². The highest BCUT2D eigenvalue weighted by Gasteiger charge is 2.62. The van der Waals surface area contributed by atoms with Crippen LogP contribution < -0.4 is 0 Å². The number of alkyl halides is 1. The van der Waals surface area contributed by atoms with Crippen molar-refractivity contribution >= 4 is 5.97 Å². The number of halogens is 1. The van der Waals surface area contributed by atoms with Crippen LogP contribution in [-0.4, -0.2) is 18.2 Å². The van der Waals surface area contributed by atoms with E-state index in [9.17, 15) is 9.18 Å². The van der Waals surface area contributed by atoms with Crippen LogP contribution in [0, 0.1) is 17.8 Å². The quantitative estimate of drug-likeness (QED) is 0.487. The summed E-state index contributed by atoms with van der Waals surface area (Å²) < 4.78 is 18.3. The van der Waals surface area contributed by atoms with E-state index in [-0.39, 0.29) is 29.8 Å². The summed E-state index contributed by atoms with van der Waals surface area (Å²) in [7, 11) is 0. The minimum Gasteiger partial charge on any atom is -0.462 e. The van der Waals surface area contributed by atoms with Crippen LogP contribution in [0.15, 0.2) is 0 Å². The third-order valence-corrected chi connectivity index (χ3v) is 3.37. The highest BCUT2D eigenvalue weighted by atomic mass is 19.1. The van der Waals surface area contributed by atoms with Crippen LogP contribution in [0.3, 0.4) is 0 Å². The minimum atomic E-state index is -0.753. The average Bonchev–Trinajstić information content (AvgIpc) is 2.47. The van der Waals surface area contributed by atoms with Crippen LogP contribution >= 0.6 is 0 Å². The lowest BCUT2D eigenvalue weighted by Gasteiger charge is -2.10. The van der Waals surface area contributed by atoms with Crippen molar-refractivity contribution < 1.29 is 13.9 Å². The van der Waals surface area contributed by atoms with Gasteiger partial charge in [-0.15, -0.1) is 0 Å². The zero-order valence-corrected chi connectivity index (χ0v) is 6.00. The van der Waals surface area contributed by atoms with E-state index in [2.05, 4.69) is 0 Å². The van der Waals surface area contributed by atoms with Gasteiger partial charge in [-0.05, 0) is 18.8 Å². The Bertz CT molecular complexity index is 228. The highest BCUT2D eigenvalue weighted by Crippen LogP contribution is 2.55. The van der Waals surface area contributed by atoms with Crippen LogP contribution in [0.5, 0.6) is 0 Å². The van der Waals surface area contributed by atoms with Crippen molar-refractivity contribution in [2.45, 2.75) is 25.1 Å². The second kappa shape index (κ2) is 1.59. The number of fused-ring (bicyclic) bond motifs is 1. The van der Waals surface area contributed by atoms with E-state index < -0.39 is 6.17 Å². The zero-order valence-electron chi connectivity index (χ0n) is 6.00. The summed E-state index contributed by atoms with van der Waals surface area (Å²) in [6.45, 7) is 0. The summed E-state index contributed by atoms with van der Waals surface area (Å²) in [5.41, 5.74) is 0. The second-order valence-corrected chi connectivity index (χ2v) is 3.84. The molecule has 2 aliphatic carbocycles. The van der Waals surface area contributed by atoms with E-state index in [1.807, 2.05) is 0 Å².